The van der Waals surface area contributed by atoms with Gasteiger partial charge in [0.1, 0.15) is 28.9 Å². The molecule has 0 spiro atoms. The van der Waals surface area contributed by atoms with Crippen molar-refractivity contribution in [1.29, 1.82) is 5.26 Å². The highest BCUT2D eigenvalue weighted by atomic mass is 19.1. The Morgan fingerprint density at radius 3 is 2.50 bits per heavy atom. The molecule has 0 unspecified atom stereocenters. The van der Waals surface area contributed by atoms with Crippen molar-refractivity contribution in [3.05, 3.63) is 63.5 Å². The molecular weight excluding hydrogens is 263 g/mol. The third-order valence-electron chi connectivity index (χ3n) is 2.66. The fraction of sp³-hybridized carbons (Fsp3) is 0.0714. The molecule has 20 heavy (non-hydrogen) atoms. The van der Waals surface area contributed by atoms with Crippen LogP contribution < -0.4 is 4.74 Å². The zero-order chi connectivity index (χ0) is 14.7. The first-order valence-corrected chi connectivity index (χ1v) is 5.64. The Labute approximate surface area is 114 Å². The molecular formula is C14H9FN2O3. The number of hydrogen-bond acceptors (Lipinski definition) is 4. The van der Waals surface area contributed by atoms with Gasteiger partial charge in [0.15, 0.2) is 0 Å². The zero-order valence-corrected chi connectivity index (χ0v) is 10.5. The van der Waals surface area contributed by atoms with Gasteiger partial charge in [-0.15, -0.1) is 0 Å². The van der Waals surface area contributed by atoms with E-state index in [1.54, 1.807) is 25.1 Å². The number of ether oxygens (including phenoxy) is 1. The zero-order valence-electron chi connectivity index (χ0n) is 10.5. The number of benzene rings is 2. The molecule has 0 amide bonds. The highest BCUT2D eigenvalue weighted by molar-refractivity contribution is 5.52. The average Bonchev–Trinajstić information content (AvgIpc) is 2.42. The predicted molar refractivity (Wildman–Crippen MR) is 69.0 cm³/mol. The Hall–Kier alpha value is -2.94. The maximum atomic E-state index is 13.4. The van der Waals surface area contributed by atoms with E-state index in [9.17, 15) is 14.5 Å². The van der Waals surface area contributed by atoms with Crippen molar-refractivity contribution in [2.24, 2.45) is 0 Å². The van der Waals surface area contributed by atoms with Gasteiger partial charge in [0.2, 0.25) is 0 Å². The molecule has 2 aromatic rings. The van der Waals surface area contributed by atoms with Crippen LogP contribution in [-0.4, -0.2) is 4.92 Å². The van der Waals surface area contributed by atoms with Gasteiger partial charge in [-0.05, 0) is 24.6 Å². The molecule has 100 valence electrons. The maximum absolute atomic E-state index is 13.4. The van der Waals surface area contributed by atoms with E-state index in [-0.39, 0.29) is 22.7 Å². The smallest absolute Gasteiger partial charge is 0.287 e. The Balaban J connectivity index is 2.32. The summed E-state index contributed by atoms with van der Waals surface area (Å²) in [5.41, 5.74) is 0.0776. The van der Waals surface area contributed by atoms with Gasteiger partial charge in [-0.25, -0.2) is 4.39 Å². The molecule has 2 aromatic carbocycles. The lowest BCUT2D eigenvalue weighted by Gasteiger charge is -2.07. The Bertz CT molecular complexity index is 723. The third kappa shape index (κ3) is 2.72. The minimum Gasteiger partial charge on any atom is -0.457 e. The fourth-order valence-corrected chi connectivity index (χ4v) is 1.60. The van der Waals surface area contributed by atoms with Crippen LogP contribution >= 0.6 is 0 Å². The van der Waals surface area contributed by atoms with E-state index in [1.807, 2.05) is 0 Å². The van der Waals surface area contributed by atoms with Gasteiger partial charge in [0.05, 0.1) is 4.92 Å². The molecule has 0 radical (unpaired) electrons. The Morgan fingerprint density at radius 2 is 1.90 bits per heavy atom. The van der Waals surface area contributed by atoms with Crippen LogP contribution in [0.15, 0.2) is 36.4 Å². The first-order valence-electron chi connectivity index (χ1n) is 5.64. The molecule has 0 N–H and O–H groups in total. The third-order valence-corrected chi connectivity index (χ3v) is 2.66. The second-order valence-corrected chi connectivity index (χ2v) is 4.06. The number of nitrogens with zero attached hydrogens (tertiary/aromatic N) is 2. The molecule has 0 aliphatic carbocycles. The number of nitro groups is 1. The van der Waals surface area contributed by atoms with E-state index in [2.05, 4.69) is 0 Å². The van der Waals surface area contributed by atoms with E-state index in [4.69, 9.17) is 10.00 Å². The van der Waals surface area contributed by atoms with Crippen molar-refractivity contribution in [2.45, 2.75) is 6.92 Å². The first kappa shape index (κ1) is 13.5. The minimum absolute atomic E-state index is 0.111. The number of nitro benzene ring substituents is 1. The summed E-state index contributed by atoms with van der Waals surface area (Å²) >= 11 is 0. The van der Waals surface area contributed by atoms with Gasteiger partial charge in [-0.3, -0.25) is 10.1 Å². The van der Waals surface area contributed by atoms with Crippen molar-refractivity contribution in [3.63, 3.8) is 0 Å². The molecule has 0 saturated heterocycles. The highest BCUT2D eigenvalue weighted by Gasteiger charge is 2.14. The number of halogens is 1. The summed E-state index contributed by atoms with van der Waals surface area (Å²) in [5, 5.41) is 19.6. The molecule has 0 heterocycles. The van der Waals surface area contributed by atoms with Gasteiger partial charge in [0, 0.05) is 18.2 Å². The molecule has 0 fully saturated rings. The van der Waals surface area contributed by atoms with E-state index < -0.39 is 10.7 Å². The number of rotatable bonds is 3. The number of nitriles is 1. The SMILES string of the molecule is Cc1ccc(Oc2ccc([N+](=O)[O-])c(C#N)c2)cc1F. The van der Waals surface area contributed by atoms with Gasteiger partial charge in [0.25, 0.3) is 5.69 Å². The Morgan fingerprint density at radius 1 is 1.25 bits per heavy atom. The second-order valence-electron chi connectivity index (χ2n) is 4.06. The van der Waals surface area contributed by atoms with Crippen LogP contribution in [0, 0.1) is 34.2 Å². The van der Waals surface area contributed by atoms with E-state index >= 15 is 0 Å². The lowest BCUT2D eigenvalue weighted by Crippen LogP contribution is -1.93. The topological polar surface area (TPSA) is 76.2 Å². The van der Waals surface area contributed by atoms with Gasteiger partial charge in [-0.1, -0.05) is 6.07 Å². The molecule has 0 aromatic heterocycles. The lowest BCUT2D eigenvalue weighted by atomic mass is 10.2. The molecule has 2 rings (SSSR count). The molecule has 6 heteroatoms. The van der Waals surface area contributed by atoms with Crippen LogP contribution in [0.25, 0.3) is 0 Å². The summed E-state index contributed by atoms with van der Waals surface area (Å²) in [6.45, 7) is 1.62. The summed E-state index contributed by atoms with van der Waals surface area (Å²) in [7, 11) is 0. The van der Waals surface area contributed by atoms with Crippen LogP contribution in [0.2, 0.25) is 0 Å². The quantitative estimate of drug-likeness (QED) is 0.630. The van der Waals surface area contributed by atoms with Gasteiger partial charge >= 0.3 is 0 Å². The van der Waals surface area contributed by atoms with Crippen molar-refractivity contribution < 1.29 is 14.1 Å². The maximum Gasteiger partial charge on any atom is 0.287 e. The molecule has 5 nitrogen and oxygen atoms in total. The number of aryl methyl sites for hydroxylation is 1. The van der Waals surface area contributed by atoms with Crippen LogP contribution in [0.4, 0.5) is 10.1 Å². The second kappa shape index (κ2) is 5.36. The molecule has 0 aliphatic rings. The average molecular weight is 272 g/mol. The number of hydrogen-bond donors (Lipinski definition) is 0. The van der Waals surface area contributed by atoms with Crippen molar-refractivity contribution in [2.75, 3.05) is 0 Å². The highest BCUT2D eigenvalue weighted by Crippen LogP contribution is 2.28. The summed E-state index contributed by atoms with van der Waals surface area (Å²) in [4.78, 5) is 10.1. The van der Waals surface area contributed by atoms with Crippen molar-refractivity contribution in [1.82, 2.24) is 0 Å². The standard InChI is InChI=1S/C14H9FN2O3/c1-9-2-3-12(7-13(9)15)20-11-4-5-14(17(18)19)10(6-11)8-16/h2-7H,1H3. The largest absolute Gasteiger partial charge is 0.457 e. The molecule has 0 atom stereocenters. The summed E-state index contributed by atoms with van der Waals surface area (Å²) in [5.74, 6) is 0.0752. The summed E-state index contributed by atoms with van der Waals surface area (Å²) in [6.07, 6.45) is 0. The molecule has 0 bridgehead atoms. The van der Waals surface area contributed by atoms with Crippen LogP contribution in [0.3, 0.4) is 0 Å². The Kier molecular flexibility index (Phi) is 3.62. The van der Waals surface area contributed by atoms with Gasteiger partial charge < -0.3 is 4.74 Å². The molecule has 0 aliphatic heterocycles. The van der Waals surface area contributed by atoms with Crippen molar-refractivity contribution in [3.8, 4) is 17.6 Å². The summed E-state index contributed by atoms with van der Waals surface area (Å²) < 4.78 is 18.8. The van der Waals surface area contributed by atoms with Crippen molar-refractivity contribution >= 4 is 5.69 Å². The summed E-state index contributed by atoms with van der Waals surface area (Å²) in [6, 6.07) is 9.85. The first-order chi connectivity index (χ1) is 9.51. The van der Waals surface area contributed by atoms with Crippen LogP contribution in [0.1, 0.15) is 11.1 Å². The van der Waals surface area contributed by atoms with E-state index in [0.29, 0.717) is 5.56 Å². The van der Waals surface area contributed by atoms with Gasteiger partial charge in [-0.2, -0.15) is 5.26 Å². The van der Waals surface area contributed by atoms with Crippen LogP contribution in [0.5, 0.6) is 11.5 Å². The monoisotopic (exact) mass is 272 g/mol. The predicted octanol–water partition coefficient (Wildman–Crippen LogP) is 3.71. The molecule has 0 saturated carbocycles. The fourth-order valence-electron chi connectivity index (χ4n) is 1.60. The van der Waals surface area contributed by atoms with E-state index in [1.165, 1.54) is 24.3 Å². The van der Waals surface area contributed by atoms with Crippen LogP contribution in [-0.2, 0) is 0 Å². The minimum atomic E-state index is -0.645. The lowest BCUT2D eigenvalue weighted by molar-refractivity contribution is -0.385. The normalized spacial score (nSPS) is 9.85. The van der Waals surface area contributed by atoms with E-state index in [0.717, 1.165) is 0 Å².